The first kappa shape index (κ1) is 27.3. The van der Waals surface area contributed by atoms with Crippen molar-refractivity contribution in [3.8, 4) is 0 Å². The first-order valence-corrected chi connectivity index (χ1v) is 12.3. The number of hydrogen-bond acceptors (Lipinski definition) is 7. The predicted octanol–water partition coefficient (Wildman–Crippen LogP) is 2.68. The van der Waals surface area contributed by atoms with Crippen LogP contribution in [0.4, 0.5) is 10.5 Å². The van der Waals surface area contributed by atoms with Crippen LogP contribution in [0.2, 0.25) is 0 Å². The van der Waals surface area contributed by atoms with E-state index in [-0.39, 0.29) is 31.4 Å². The van der Waals surface area contributed by atoms with E-state index in [1.54, 1.807) is 25.7 Å². The number of nitrogens with zero attached hydrogens (tertiary/aromatic N) is 3. The number of primary amides is 1. The van der Waals surface area contributed by atoms with E-state index in [9.17, 15) is 19.2 Å². The number of carbonyl (C=O) groups excluding carboxylic acids is 4. The molecule has 1 fully saturated rings. The average molecular weight is 503 g/mol. The number of ether oxygens (including phenoxy) is 2. The van der Waals surface area contributed by atoms with Crippen LogP contribution in [-0.2, 0) is 25.6 Å². The topological polar surface area (TPSA) is 122 Å². The molecule has 3 amide bonds. The maximum Gasteiger partial charge on any atom is 0.410 e. The van der Waals surface area contributed by atoms with E-state index < -0.39 is 29.1 Å². The molecule has 2 N–H and O–H groups in total. The average Bonchev–Trinajstić information content (AvgIpc) is 3.07. The third-order valence-electron chi connectivity index (χ3n) is 5.97. The van der Waals surface area contributed by atoms with Crippen LogP contribution in [0.25, 0.3) is 0 Å². The molecule has 0 bridgehead atoms. The third-order valence-corrected chi connectivity index (χ3v) is 5.97. The van der Waals surface area contributed by atoms with Gasteiger partial charge < -0.3 is 29.9 Å². The fourth-order valence-corrected chi connectivity index (χ4v) is 4.33. The highest BCUT2D eigenvalue weighted by Crippen LogP contribution is 2.30. The third kappa shape index (κ3) is 6.89. The zero-order valence-corrected chi connectivity index (χ0v) is 22.1. The monoisotopic (exact) mass is 502 g/mol. The van der Waals surface area contributed by atoms with Gasteiger partial charge in [-0.25, -0.2) is 4.79 Å². The minimum Gasteiger partial charge on any atom is -0.460 e. The van der Waals surface area contributed by atoms with Crippen LogP contribution in [0.1, 0.15) is 70.3 Å². The van der Waals surface area contributed by atoms with Crippen LogP contribution in [-0.4, -0.2) is 77.1 Å². The number of piperazine rings is 1. The summed E-state index contributed by atoms with van der Waals surface area (Å²) in [4.78, 5) is 55.1. The molecular weight excluding hydrogens is 464 g/mol. The van der Waals surface area contributed by atoms with Crippen molar-refractivity contribution in [3.05, 3.63) is 29.3 Å². The lowest BCUT2D eigenvalue weighted by atomic mass is 10.1. The van der Waals surface area contributed by atoms with Gasteiger partial charge in [-0.15, -0.1) is 0 Å². The SMILES string of the molecule is CC(C)(C)OC(=O)CC[C@@H](C(N)=O)N1Cc2ccc(N3CCN(C(=O)OC(C)(C)C)CC3)cc2C1=O. The normalized spacial score (nSPS) is 17.1. The number of nitrogens with two attached hydrogens (primary N) is 1. The number of rotatable bonds is 6. The van der Waals surface area contributed by atoms with Crippen LogP contribution in [0.15, 0.2) is 18.2 Å². The van der Waals surface area contributed by atoms with Crippen LogP contribution in [0.3, 0.4) is 0 Å². The molecule has 2 heterocycles. The lowest BCUT2D eigenvalue weighted by molar-refractivity contribution is -0.155. The first-order chi connectivity index (χ1) is 16.6. The van der Waals surface area contributed by atoms with Crippen molar-refractivity contribution in [1.82, 2.24) is 9.80 Å². The van der Waals surface area contributed by atoms with E-state index in [2.05, 4.69) is 4.90 Å². The lowest BCUT2D eigenvalue weighted by Crippen LogP contribution is -2.50. The maximum absolute atomic E-state index is 13.2. The zero-order valence-electron chi connectivity index (χ0n) is 22.1. The van der Waals surface area contributed by atoms with E-state index in [0.717, 1.165) is 11.3 Å². The Morgan fingerprint density at radius 1 is 0.972 bits per heavy atom. The summed E-state index contributed by atoms with van der Waals surface area (Å²) >= 11 is 0. The van der Waals surface area contributed by atoms with Gasteiger partial charge in [0.25, 0.3) is 5.91 Å². The molecule has 0 aromatic heterocycles. The Bertz CT molecular complexity index is 1020. The molecule has 0 saturated carbocycles. The second-order valence-corrected chi connectivity index (χ2v) is 11.3. The van der Waals surface area contributed by atoms with Gasteiger partial charge in [0, 0.05) is 50.4 Å². The Balaban J connectivity index is 1.64. The van der Waals surface area contributed by atoms with E-state index >= 15 is 0 Å². The van der Waals surface area contributed by atoms with Crippen LogP contribution in [0.5, 0.6) is 0 Å². The summed E-state index contributed by atoms with van der Waals surface area (Å²) in [7, 11) is 0. The molecule has 0 spiro atoms. The summed E-state index contributed by atoms with van der Waals surface area (Å²) in [5, 5.41) is 0. The molecule has 10 heteroatoms. The van der Waals surface area contributed by atoms with Crippen molar-refractivity contribution >= 4 is 29.6 Å². The molecule has 1 aromatic carbocycles. The van der Waals surface area contributed by atoms with Gasteiger partial charge in [0.05, 0.1) is 0 Å². The van der Waals surface area contributed by atoms with E-state index in [4.69, 9.17) is 15.2 Å². The number of esters is 1. The summed E-state index contributed by atoms with van der Waals surface area (Å²) in [5.74, 6) is -1.38. The number of amides is 3. The van der Waals surface area contributed by atoms with Gasteiger partial charge >= 0.3 is 12.1 Å². The molecule has 2 aliphatic rings. The predicted molar refractivity (Wildman–Crippen MR) is 134 cm³/mol. The molecule has 1 aromatic rings. The van der Waals surface area contributed by atoms with Crippen molar-refractivity contribution in [2.75, 3.05) is 31.1 Å². The molecule has 0 aliphatic carbocycles. The molecule has 36 heavy (non-hydrogen) atoms. The van der Waals surface area contributed by atoms with Gasteiger partial charge in [0.2, 0.25) is 5.91 Å². The summed E-state index contributed by atoms with van der Waals surface area (Å²) < 4.78 is 10.8. The Labute approximate surface area is 212 Å². The van der Waals surface area contributed by atoms with Crippen molar-refractivity contribution in [2.45, 2.75) is 78.2 Å². The Kier molecular flexibility index (Phi) is 7.85. The second kappa shape index (κ2) is 10.4. The van der Waals surface area contributed by atoms with E-state index in [1.807, 2.05) is 39.0 Å². The van der Waals surface area contributed by atoms with Gasteiger partial charge in [-0.2, -0.15) is 0 Å². The van der Waals surface area contributed by atoms with Gasteiger partial charge in [-0.05, 0) is 65.7 Å². The highest BCUT2D eigenvalue weighted by atomic mass is 16.6. The van der Waals surface area contributed by atoms with E-state index in [0.29, 0.717) is 31.7 Å². The minimum absolute atomic E-state index is 0.0157. The van der Waals surface area contributed by atoms with E-state index in [1.165, 1.54) is 4.90 Å². The molecule has 0 unspecified atom stereocenters. The fraction of sp³-hybridized carbons (Fsp3) is 0.615. The smallest absolute Gasteiger partial charge is 0.410 e. The summed E-state index contributed by atoms with van der Waals surface area (Å²) in [5.41, 5.74) is 6.63. The van der Waals surface area contributed by atoms with Crippen LogP contribution < -0.4 is 10.6 Å². The lowest BCUT2D eigenvalue weighted by Gasteiger charge is -2.36. The number of carbonyl (C=O) groups is 4. The number of benzene rings is 1. The molecule has 0 radical (unpaired) electrons. The summed E-state index contributed by atoms with van der Waals surface area (Å²) in [6, 6.07) is 4.75. The van der Waals surface area contributed by atoms with Crippen molar-refractivity contribution in [3.63, 3.8) is 0 Å². The molecule has 10 nitrogen and oxygen atoms in total. The quantitative estimate of drug-likeness (QED) is 0.594. The van der Waals surface area contributed by atoms with Crippen molar-refractivity contribution < 1.29 is 28.7 Å². The number of fused-ring (bicyclic) bond motifs is 1. The second-order valence-electron chi connectivity index (χ2n) is 11.3. The number of hydrogen-bond donors (Lipinski definition) is 1. The standard InChI is InChI=1S/C26H38N4O6/c1-25(2,3)35-21(31)10-9-20(22(27)32)30-16-17-7-8-18(15-19(17)23(30)33)28-11-13-29(14-12-28)24(34)36-26(4,5)6/h7-8,15,20H,9-14,16H2,1-6H3,(H2,27,32)/t20-/m0/s1. The van der Waals surface area contributed by atoms with Crippen molar-refractivity contribution in [1.29, 1.82) is 0 Å². The molecule has 198 valence electrons. The first-order valence-electron chi connectivity index (χ1n) is 12.3. The Morgan fingerprint density at radius 3 is 2.14 bits per heavy atom. The van der Waals surface area contributed by atoms with Gasteiger partial charge in [0.1, 0.15) is 17.2 Å². The molecule has 2 aliphatic heterocycles. The fourth-order valence-electron chi connectivity index (χ4n) is 4.33. The van der Waals surface area contributed by atoms with Gasteiger partial charge in [-0.1, -0.05) is 6.07 Å². The van der Waals surface area contributed by atoms with Gasteiger partial charge in [-0.3, -0.25) is 14.4 Å². The van der Waals surface area contributed by atoms with Crippen LogP contribution >= 0.6 is 0 Å². The molecular formula is C26H38N4O6. The molecule has 1 saturated heterocycles. The van der Waals surface area contributed by atoms with Crippen LogP contribution in [0, 0.1) is 0 Å². The zero-order chi connectivity index (χ0) is 26.8. The Hall–Kier alpha value is -3.30. The molecule has 3 rings (SSSR count). The highest BCUT2D eigenvalue weighted by molar-refractivity contribution is 6.01. The number of anilines is 1. The highest BCUT2D eigenvalue weighted by Gasteiger charge is 2.36. The van der Waals surface area contributed by atoms with Crippen molar-refractivity contribution in [2.24, 2.45) is 5.73 Å². The minimum atomic E-state index is -0.904. The largest absolute Gasteiger partial charge is 0.460 e. The molecule has 1 atom stereocenters. The summed E-state index contributed by atoms with van der Waals surface area (Å²) in [6.07, 6.45) is -0.243. The summed E-state index contributed by atoms with van der Waals surface area (Å²) in [6.45, 7) is 13.3. The van der Waals surface area contributed by atoms with Gasteiger partial charge in [0.15, 0.2) is 0 Å². The maximum atomic E-state index is 13.2. The Morgan fingerprint density at radius 2 is 1.58 bits per heavy atom.